The highest BCUT2D eigenvalue weighted by Crippen LogP contribution is 2.68. The Morgan fingerprint density at radius 3 is 2.19 bits per heavy atom. The average Bonchev–Trinajstić information content (AvgIpc) is 3.04. The van der Waals surface area contributed by atoms with Crippen molar-refractivity contribution in [3.8, 4) is 0 Å². The summed E-state index contributed by atoms with van der Waals surface area (Å²) in [4.78, 5) is 0. The maximum atomic E-state index is 13.1. The summed E-state index contributed by atoms with van der Waals surface area (Å²) in [5.41, 5.74) is -2.44. The van der Waals surface area contributed by atoms with Gasteiger partial charge in [-0.3, -0.25) is 0 Å². The Morgan fingerprint density at radius 2 is 1.53 bits per heavy atom. The lowest BCUT2D eigenvalue weighted by Crippen LogP contribution is -2.58. The second-order valence-electron chi connectivity index (χ2n) is 12.7. The SMILES string of the molecule is CC(CCC(C)(O)C(F)(F)F)C1CCC2C3C[C@H](O)[C@@H]4C[C@H](O)CCC4(C)C3CCC12C. The number of hydrogen-bond acceptors (Lipinski definition) is 3. The molecule has 8 unspecified atom stereocenters. The molecular formula is C26H43F3O3. The van der Waals surface area contributed by atoms with E-state index >= 15 is 0 Å². The van der Waals surface area contributed by atoms with Gasteiger partial charge in [0.05, 0.1) is 12.2 Å². The van der Waals surface area contributed by atoms with Gasteiger partial charge in [-0.05, 0) is 117 Å². The summed E-state index contributed by atoms with van der Waals surface area (Å²) in [6, 6.07) is 0. The van der Waals surface area contributed by atoms with Crippen molar-refractivity contribution in [3.63, 3.8) is 0 Å². The molecule has 0 amide bonds. The Morgan fingerprint density at radius 1 is 0.906 bits per heavy atom. The summed E-state index contributed by atoms with van der Waals surface area (Å²) in [7, 11) is 0. The lowest BCUT2D eigenvalue weighted by molar-refractivity contribution is -0.256. The first kappa shape index (κ1) is 24.8. The lowest BCUT2D eigenvalue weighted by Gasteiger charge is -2.62. The zero-order valence-corrected chi connectivity index (χ0v) is 20.2. The largest absolute Gasteiger partial charge is 0.416 e. The molecular weight excluding hydrogens is 417 g/mol. The molecule has 0 saturated heterocycles. The molecule has 4 aliphatic carbocycles. The minimum Gasteiger partial charge on any atom is -0.393 e. The Kier molecular flexibility index (Phi) is 6.29. The minimum atomic E-state index is -4.59. The van der Waals surface area contributed by atoms with Crippen LogP contribution in [0.3, 0.4) is 0 Å². The van der Waals surface area contributed by atoms with Crippen molar-refractivity contribution in [3.05, 3.63) is 0 Å². The Balaban J connectivity index is 1.49. The van der Waals surface area contributed by atoms with Crippen LogP contribution in [0.15, 0.2) is 0 Å². The van der Waals surface area contributed by atoms with Crippen LogP contribution in [0.5, 0.6) is 0 Å². The molecule has 4 rings (SSSR count). The van der Waals surface area contributed by atoms with Gasteiger partial charge < -0.3 is 15.3 Å². The maximum absolute atomic E-state index is 13.1. The van der Waals surface area contributed by atoms with Crippen LogP contribution < -0.4 is 0 Å². The van der Waals surface area contributed by atoms with E-state index in [1.165, 1.54) is 0 Å². The van der Waals surface area contributed by atoms with Crippen LogP contribution in [-0.4, -0.2) is 39.3 Å². The first-order valence-electron chi connectivity index (χ1n) is 12.9. The first-order chi connectivity index (χ1) is 14.7. The number of hydrogen-bond donors (Lipinski definition) is 3. The van der Waals surface area contributed by atoms with E-state index in [2.05, 4.69) is 20.8 Å². The lowest BCUT2D eigenvalue weighted by atomic mass is 9.43. The van der Waals surface area contributed by atoms with Crippen LogP contribution in [0.1, 0.15) is 91.9 Å². The van der Waals surface area contributed by atoms with Crippen molar-refractivity contribution in [2.75, 3.05) is 0 Å². The monoisotopic (exact) mass is 460 g/mol. The first-order valence-corrected chi connectivity index (χ1v) is 12.9. The third-order valence-corrected chi connectivity index (χ3v) is 11.1. The number of fused-ring (bicyclic) bond motifs is 5. The quantitative estimate of drug-likeness (QED) is 0.504. The molecule has 0 bridgehead atoms. The van der Waals surface area contributed by atoms with Crippen LogP contribution in [0, 0.1) is 46.3 Å². The summed E-state index contributed by atoms with van der Waals surface area (Å²) in [6.45, 7) is 7.67. The molecule has 0 spiro atoms. The molecule has 3 nitrogen and oxygen atoms in total. The zero-order chi connectivity index (χ0) is 23.7. The van der Waals surface area contributed by atoms with Crippen LogP contribution in [-0.2, 0) is 0 Å². The highest BCUT2D eigenvalue weighted by Gasteiger charge is 2.62. The highest BCUT2D eigenvalue weighted by atomic mass is 19.4. The fraction of sp³-hybridized carbons (Fsp3) is 1.00. The summed E-state index contributed by atoms with van der Waals surface area (Å²) in [5, 5.41) is 31.2. The van der Waals surface area contributed by atoms with Gasteiger partial charge in [-0.1, -0.05) is 20.8 Å². The van der Waals surface area contributed by atoms with E-state index in [-0.39, 0.29) is 41.3 Å². The van der Waals surface area contributed by atoms with E-state index in [9.17, 15) is 28.5 Å². The van der Waals surface area contributed by atoms with Crippen LogP contribution in [0.2, 0.25) is 0 Å². The molecule has 0 aromatic rings. The second kappa shape index (κ2) is 8.12. The molecule has 4 saturated carbocycles. The summed E-state index contributed by atoms with van der Waals surface area (Å²) < 4.78 is 39.4. The second-order valence-corrected chi connectivity index (χ2v) is 12.7. The molecule has 0 radical (unpaired) electrons. The number of rotatable bonds is 4. The van der Waals surface area contributed by atoms with Crippen molar-refractivity contribution in [1.82, 2.24) is 0 Å². The van der Waals surface area contributed by atoms with Gasteiger partial charge in [-0.15, -0.1) is 0 Å². The van der Waals surface area contributed by atoms with Crippen LogP contribution >= 0.6 is 0 Å². The highest BCUT2D eigenvalue weighted by molar-refractivity contribution is 5.11. The van der Waals surface area contributed by atoms with Gasteiger partial charge in [0.1, 0.15) is 0 Å². The van der Waals surface area contributed by atoms with E-state index in [0.717, 1.165) is 51.9 Å². The number of aliphatic hydroxyl groups is 3. The fourth-order valence-corrected chi connectivity index (χ4v) is 9.11. The Hall–Kier alpha value is -0.330. The van der Waals surface area contributed by atoms with E-state index in [1.807, 2.05) is 0 Å². The van der Waals surface area contributed by atoms with Gasteiger partial charge >= 0.3 is 6.18 Å². The summed E-state index contributed by atoms with van der Waals surface area (Å²) >= 11 is 0. The molecule has 3 N–H and O–H groups in total. The topological polar surface area (TPSA) is 60.7 Å². The van der Waals surface area contributed by atoms with Gasteiger partial charge in [0.2, 0.25) is 0 Å². The molecule has 0 aromatic heterocycles. The maximum Gasteiger partial charge on any atom is 0.416 e. The minimum absolute atomic E-state index is 0.0814. The van der Waals surface area contributed by atoms with Gasteiger partial charge in [-0.2, -0.15) is 13.2 Å². The molecule has 4 aliphatic rings. The number of halogens is 3. The van der Waals surface area contributed by atoms with Gasteiger partial charge in [0, 0.05) is 0 Å². The van der Waals surface area contributed by atoms with Crippen molar-refractivity contribution in [2.24, 2.45) is 46.3 Å². The smallest absolute Gasteiger partial charge is 0.393 e. The third-order valence-electron chi connectivity index (χ3n) is 11.1. The molecule has 11 atom stereocenters. The molecule has 6 heteroatoms. The average molecular weight is 461 g/mol. The molecule has 0 heterocycles. The van der Waals surface area contributed by atoms with Crippen LogP contribution in [0.25, 0.3) is 0 Å². The van der Waals surface area contributed by atoms with E-state index < -0.39 is 11.8 Å². The van der Waals surface area contributed by atoms with E-state index in [0.29, 0.717) is 36.5 Å². The van der Waals surface area contributed by atoms with Gasteiger partial charge in [-0.25, -0.2) is 0 Å². The number of aliphatic hydroxyl groups excluding tert-OH is 2. The fourth-order valence-electron chi connectivity index (χ4n) is 9.11. The molecule has 0 aliphatic heterocycles. The Labute approximate surface area is 191 Å². The predicted octanol–water partition coefficient (Wildman–Crippen LogP) is 5.71. The summed E-state index contributed by atoms with van der Waals surface area (Å²) in [5.74, 6) is 2.23. The van der Waals surface area contributed by atoms with Gasteiger partial charge in [0.15, 0.2) is 5.60 Å². The standard InChI is InChI=1S/C26H43F3O3/c1-15(7-12-25(4,32)26(27,28)29)18-5-6-19-17-14-22(31)21-13-16(30)8-10-24(21,3)20(17)9-11-23(18,19)2/h15-22,30-32H,5-14H2,1-4H3/t15?,16-,17?,18?,19?,20?,21+,22+,23?,24?,25?/m1/s1. The Bertz CT molecular complexity index is 694. The van der Waals surface area contributed by atoms with Crippen molar-refractivity contribution < 1.29 is 28.5 Å². The molecule has 32 heavy (non-hydrogen) atoms. The third kappa shape index (κ3) is 3.84. The number of alkyl halides is 3. The molecule has 4 fully saturated rings. The zero-order valence-electron chi connectivity index (χ0n) is 20.2. The van der Waals surface area contributed by atoms with Crippen molar-refractivity contribution in [1.29, 1.82) is 0 Å². The van der Waals surface area contributed by atoms with E-state index in [1.54, 1.807) is 0 Å². The summed E-state index contributed by atoms with van der Waals surface area (Å²) in [6.07, 6.45) is 2.56. The van der Waals surface area contributed by atoms with Gasteiger partial charge in [0.25, 0.3) is 0 Å². The van der Waals surface area contributed by atoms with E-state index in [4.69, 9.17) is 0 Å². The van der Waals surface area contributed by atoms with Crippen molar-refractivity contribution >= 4 is 0 Å². The molecule has 0 aromatic carbocycles. The normalized spacial score (nSPS) is 49.5. The van der Waals surface area contributed by atoms with Crippen molar-refractivity contribution in [2.45, 2.75) is 116 Å². The van der Waals surface area contributed by atoms with Crippen LogP contribution in [0.4, 0.5) is 13.2 Å². The predicted molar refractivity (Wildman–Crippen MR) is 118 cm³/mol. The molecule has 186 valence electrons.